The predicted molar refractivity (Wildman–Crippen MR) is 90.3 cm³/mol. The van der Waals surface area contributed by atoms with Crippen molar-refractivity contribution >= 4 is 15.9 Å². The summed E-state index contributed by atoms with van der Waals surface area (Å²) in [6.07, 6.45) is 2.98. The summed E-state index contributed by atoms with van der Waals surface area (Å²) >= 11 is 3.45. The van der Waals surface area contributed by atoms with Gasteiger partial charge in [0, 0.05) is 16.4 Å². The summed E-state index contributed by atoms with van der Waals surface area (Å²) in [5, 5.41) is 3.50. The Hall–Kier alpha value is -0.800. The van der Waals surface area contributed by atoms with E-state index in [2.05, 4.69) is 48.6 Å². The lowest BCUT2D eigenvalue weighted by atomic mass is 9.87. The molecule has 3 heteroatoms. The first-order valence-corrected chi connectivity index (χ1v) is 7.97. The molecule has 0 spiro atoms. The Kier molecular flexibility index (Phi) is 7.31. The van der Waals surface area contributed by atoms with Crippen LogP contribution in [0.1, 0.15) is 27.2 Å². The summed E-state index contributed by atoms with van der Waals surface area (Å²) in [5.74, 6) is 1.57. The molecule has 0 aromatic heterocycles. The Balaban J connectivity index is 2.38. The van der Waals surface area contributed by atoms with E-state index >= 15 is 0 Å². The molecular weight excluding hydrogens is 314 g/mol. The highest BCUT2D eigenvalue weighted by Gasteiger charge is 2.20. The van der Waals surface area contributed by atoms with Gasteiger partial charge in [-0.1, -0.05) is 48.8 Å². The summed E-state index contributed by atoms with van der Waals surface area (Å²) in [5.41, 5.74) is 0.0703. The summed E-state index contributed by atoms with van der Waals surface area (Å²) < 4.78 is 6.85. The number of hydrogen-bond donors (Lipinski definition) is 1. The summed E-state index contributed by atoms with van der Waals surface area (Å²) in [4.78, 5) is 0. The lowest BCUT2D eigenvalue weighted by Crippen LogP contribution is -2.33. The number of nitrogens with one attached hydrogen (secondary N) is 1. The lowest BCUT2D eigenvalue weighted by molar-refractivity contribution is 0.243. The van der Waals surface area contributed by atoms with Crippen LogP contribution in [0.25, 0.3) is 0 Å². The van der Waals surface area contributed by atoms with Crippen molar-refractivity contribution in [1.82, 2.24) is 5.32 Å². The molecule has 0 aliphatic carbocycles. The van der Waals surface area contributed by atoms with Gasteiger partial charge in [0.25, 0.3) is 0 Å². The molecule has 0 saturated heterocycles. The van der Waals surface area contributed by atoms with Gasteiger partial charge in [0.1, 0.15) is 5.75 Å². The highest BCUT2D eigenvalue weighted by molar-refractivity contribution is 9.10. The Morgan fingerprint density at radius 1 is 1.45 bits per heavy atom. The number of ether oxygens (including phenoxy) is 1. The monoisotopic (exact) mass is 339 g/mol. The van der Waals surface area contributed by atoms with Crippen molar-refractivity contribution in [1.29, 1.82) is 0 Å². The SMILES string of the molecule is C=CC(C)(CCOc1cccc(Br)c1)CNCC(C)C. The van der Waals surface area contributed by atoms with Crippen LogP contribution in [-0.2, 0) is 0 Å². The van der Waals surface area contributed by atoms with E-state index in [1.54, 1.807) is 0 Å². The molecule has 1 unspecified atom stereocenters. The van der Waals surface area contributed by atoms with Crippen molar-refractivity contribution < 1.29 is 4.74 Å². The Labute approximate surface area is 131 Å². The van der Waals surface area contributed by atoms with E-state index in [4.69, 9.17) is 4.74 Å². The van der Waals surface area contributed by atoms with Crippen molar-refractivity contribution in [2.75, 3.05) is 19.7 Å². The molecule has 0 radical (unpaired) electrons. The zero-order chi connectivity index (χ0) is 15.0. The standard InChI is InChI=1S/C17H26BrNO/c1-5-17(4,13-19-12-14(2)3)9-10-20-16-8-6-7-15(18)11-16/h5-8,11,14,19H,1,9-10,12-13H2,2-4H3. The molecule has 0 saturated carbocycles. The van der Waals surface area contributed by atoms with Gasteiger partial charge < -0.3 is 10.1 Å². The van der Waals surface area contributed by atoms with Crippen LogP contribution in [0.2, 0.25) is 0 Å². The molecule has 1 aromatic carbocycles. The van der Waals surface area contributed by atoms with Crippen molar-refractivity contribution in [3.05, 3.63) is 41.4 Å². The van der Waals surface area contributed by atoms with Crippen molar-refractivity contribution in [2.24, 2.45) is 11.3 Å². The van der Waals surface area contributed by atoms with Crippen LogP contribution in [0, 0.1) is 11.3 Å². The number of benzene rings is 1. The third-order valence-electron chi connectivity index (χ3n) is 3.31. The fraction of sp³-hybridized carbons (Fsp3) is 0.529. The molecule has 0 heterocycles. The lowest BCUT2D eigenvalue weighted by Gasteiger charge is -2.26. The van der Waals surface area contributed by atoms with Gasteiger partial charge >= 0.3 is 0 Å². The second-order valence-electron chi connectivity index (χ2n) is 5.94. The zero-order valence-electron chi connectivity index (χ0n) is 12.8. The molecule has 1 aromatic rings. The number of hydrogen-bond acceptors (Lipinski definition) is 2. The summed E-state index contributed by atoms with van der Waals surface area (Å²) in [6.45, 7) is 13.3. The van der Waals surface area contributed by atoms with Crippen LogP contribution < -0.4 is 10.1 Å². The molecule has 1 rings (SSSR count). The van der Waals surface area contributed by atoms with Crippen molar-refractivity contribution in [3.8, 4) is 5.75 Å². The molecule has 0 fully saturated rings. The number of halogens is 1. The molecule has 0 amide bonds. The minimum Gasteiger partial charge on any atom is -0.494 e. The third-order valence-corrected chi connectivity index (χ3v) is 3.81. The Morgan fingerprint density at radius 2 is 2.20 bits per heavy atom. The van der Waals surface area contributed by atoms with Gasteiger partial charge in [0.15, 0.2) is 0 Å². The largest absolute Gasteiger partial charge is 0.494 e. The summed E-state index contributed by atoms with van der Waals surface area (Å²) in [6, 6.07) is 7.95. The Morgan fingerprint density at radius 3 is 2.80 bits per heavy atom. The van der Waals surface area contributed by atoms with E-state index in [1.807, 2.05) is 30.3 Å². The highest BCUT2D eigenvalue weighted by Crippen LogP contribution is 2.23. The summed E-state index contributed by atoms with van der Waals surface area (Å²) in [7, 11) is 0. The van der Waals surface area contributed by atoms with Gasteiger partial charge in [-0.05, 0) is 37.1 Å². The maximum absolute atomic E-state index is 5.81. The maximum Gasteiger partial charge on any atom is 0.120 e. The fourth-order valence-electron chi connectivity index (χ4n) is 1.87. The van der Waals surface area contributed by atoms with Crippen LogP contribution >= 0.6 is 15.9 Å². The van der Waals surface area contributed by atoms with E-state index in [0.29, 0.717) is 12.5 Å². The highest BCUT2D eigenvalue weighted by atomic mass is 79.9. The average molecular weight is 340 g/mol. The molecule has 1 N–H and O–H groups in total. The molecule has 2 nitrogen and oxygen atoms in total. The molecule has 20 heavy (non-hydrogen) atoms. The smallest absolute Gasteiger partial charge is 0.120 e. The van der Waals surface area contributed by atoms with Crippen molar-refractivity contribution in [2.45, 2.75) is 27.2 Å². The normalized spacial score (nSPS) is 14.1. The topological polar surface area (TPSA) is 21.3 Å². The molecule has 0 bridgehead atoms. The third kappa shape index (κ3) is 6.58. The van der Waals surface area contributed by atoms with Gasteiger partial charge in [0.2, 0.25) is 0 Å². The molecule has 112 valence electrons. The quantitative estimate of drug-likeness (QED) is 0.661. The van der Waals surface area contributed by atoms with E-state index in [0.717, 1.165) is 29.7 Å². The minimum atomic E-state index is 0.0703. The Bertz CT molecular complexity index is 419. The van der Waals surface area contributed by atoms with E-state index in [-0.39, 0.29) is 5.41 Å². The van der Waals surface area contributed by atoms with Crippen molar-refractivity contribution in [3.63, 3.8) is 0 Å². The van der Waals surface area contributed by atoms with Gasteiger partial charge in [0.05, 0.1) is 6.61 Å². The predicted octanol–water partition coefficient (Wildman–Crippen LogP) is 4.66. The van der Waals surface area contributed by atoms with E-state index in [1.165, 1.54) is 0 Å². The molecular formula is C17H26BrNO. The second kappa shape index (κ2) is 8.48. The van der Waals surface area contributed by atoms with Gasteiger partial charge in [-0.3, -0.25) is 0 Å². The molecule has 0 aliphatic rings. The first kappa shape index (κ1) is 17.3. The van der Waals surface area contributed by atoms with Crippen LogP contribution in [0.3, 0.4) is 0 Å². The average Bonchev–Trinajstić information content (AvgIpc) is 2.38. The second-order valence-corrected chi connectivity index (χ2v) is 6.85. The van der Waals surface area contributed by atoms with E-state index < -0.39 is 0 Å². The minimum absolute atomic E-state index is 0.0703. The van der Waals surface area contributed by atoms with Gasteiger partial charge in [-0.2, -0.15) is 0 Å². The number of rotatable bonds is 9. The molecule has 1 atom stereocenters. The molecule has 0 aliphatic heterocycles. The zero-order valence-corrected chi connectivity index (χ0v) is 14.4. The first-order valence-electron chi connectivity index (χ1n) is 7.18. The van der Waals surface area contributed by atoms with E-state index in [9.17, 15) is 0 Å². The maximum atomic E-state index is 5.81. The van der Waals surface area contributed by atoms with Crippen LogP contribution in [0.4, 0.5) is 0 Å². The first-order chi connectivity index (χ1) is 9.45. The van der Waals surface area contributed by atoms with Crippen LogP contribution in [-0.4, -0.2) is 19.7 Å². The van der Waals surface area contributed by atoms with Crippen LogP contribution in [0.5, 0.6) is 5.75 Å². The fourth-order valence-corrected chi connectivity index (χ4v) is 2.25. The van der Waals surface area contributed by atoms with Crippen LogP contribution in [0.15, 0.2) is 41.4 Å². The van der Waals surface area contributed by atoms with Gasteiger partial charge in [-0.25, -0.2) is 0 Å². The van der Waals surface area contributed by atoms with Gasteiger partial charge in [-0.15, -0.1) is 6.58 Å².